The van der Waals surface area contributed by atoms with Gasteiger partial charge in [0.15, 0.2) is 5.96 Å². The third-order valence-electron chi connectivity index (χ3n) is 3.25. The highest BCUT2D eigenvalue weighted by Crippen LogP contribution is 2.23. The molecule has 0 aliphatic rings. The largest absolute Gasteiger partial charge is 0.352 e. The number of hydrogen-bond donors (Lipinski definition) is 2. The molecule has 10 heteroatoms. The molecule has 2 aromatic heterocycles. The Bertz CT molecular complexity index is 812. The second kappa shape index (κ2) is 9.86. The van der Waals surface area contributed by atoms with Crippen LogP contribution in [0.3, 0.4) is 0 Å². The molecule has 0 amide bonds. The number of thiophene rings is 2. The lowest BCUT2D eigenvalue weighted by molar-refractivity contribution is 0.523. The molecule has 0 radical (unpaired) electrons. The van der Waals surface area contributed by atoms with E-state index in [2.05, 4.69) is 34.7 Å². The maximum Gasteiger partial charge on any atom is 0.252 e. The maximum absolute atomic E-state index is 12.1. The van der Waals surface area contributed by atoms with Crippen LogP contribution in [0.4, 0.5) is 0 Å². The molecule has 2 heterocycles. The number of halogens is 1. The standard InChI is InChI=1S/C15H22N4O2S3.HI/c1-11-5-6-12(22-11)9-17-15(16-2)18-10-13-7-8-14(23-13)24(20,21)19(3)4;/h5-8H,9-10H2,1-4H3,(H2,16,17,18);1H. The summed E-state index contributed by atoms with van der Waals surface area (Å²) < 4.78 is 25.7. The molecule has 0 aliphatic heterocycles. The van der Waals surface area contributed by atoms with E-state index in [0.29, 0.717) is 23.3 Å². The van der Waals surface area contributed by atoms with E-state index in [1.54, 1.807) is 24.5 Å². The summed E-state index contributed by atoms with van der Waals surface area (Å²) in [5, 5.41) is 6.45. The zero-order chi connectivity index (χ0) is 17.7. The van der Waals surface area contributed by atoms with Crippen molar-refractivity contribution in [3.63, 3.8) is 0 Å². The van der Waals surface area contributed by atoms with E-state index in [-0.39, 0.29) is 24.0 Å². The van der Waals surface area contributed by atoms with Crippen molar-refractivity contribution < 1.29 is 8.42 Å². The normalized spacial score (nSPS) is 12.1. The van der Waals surface area contributed by atoms with Crippen LogP contribution in [0.25, 0.3) is 0 Å². The highest BCUT2D eigenvalue weighted by Gasteiger charge is 2.19. The van der Waals surface area contributed by atoms with Gasteiger partial charge in [-0.3, -0.25) is 4.99 Å². The second-order valence-electron chi connectivity index (χ2n) is 5.30. The SMILES string of the molecule is CN=C(NCc1ccc(C)s1)NCc1ccc(S(=O)(=O)N(C)C)s1.I. The molecule has 0 fully saturated rings. The minimum Gasteiger partial charge on any atom is -0.352 e. The van der Waals surface area contributed by atoms with Crippen molar-refractivity contribution >= 4 is 62.6 Å². The number of sulfonamides is 1. The van der Waals surface area contributed by atoms with E-state index in [1.807, 2.05) is 6.07 Å². The Morgan fingerprint density at radius 1 is 1.08 bits per heavy atom. The van der Waals surface area contributed by atoms with E-state index >= 15 is 0 Å². The number of rotatable bonds is 6. The molecule has 0 saturated carbocycles. The Kier molecular flexibility index (Phi) is 8.81. The zero-order valence-corrected chi connectivity index (χ0v) is 19.3. The van der Waals surface area contributed by atoms with Gasteiger partial charge >= 0.3 is 0 Å². The highest BCUT2D eigenvalue weighted by molar-refractivity contribution is 14.0. The van der Waals surface area contributed by atoms with Gasteiger partial charge in [-0.25, -0.2) is 12.7 Å². The fourth-order valence-corrected chi connectivity index (χ4v) is 5.21. The van der Waals surface area contributed by atoms with Crippen molar-refractivity contribution in [2.24, 2.45) is 4.99 Å². The van der Waals surface area contributed by atoms with Crippen LogP contribution in [0, 0.1) is 6.92 Å². The lowest BCUT2D eigenvalue weighted by Crippen LogP contribution is -2.35. The van der Waals surface area contributed by atoms with Gasteiger partial charge in [0.25, 0.3) is 10.0 Å². The molecule has 140 valence electrons. The lowest BCUT2D eigenvalue weighted by Gasteiger charge is -2.10. The van der Waals surface area contributed by atoms with Crippen LogP contribution in [0.15, 0.2) is 33.5 Å². The van der Waals surface area contributed by atoms with Crippen LogP contribution in [-0.2, 0) is 23.1 Å². The predicted molar refractivity (Wildman–Crippen MR) is 117 cm³/mol. The number of hydrogen-bond acceptors (Lipinski definition) is 5. The number of nitrogens with zero attached hydrogens (tertiary/aromatic N) is 2. The van der Waals surface area contributed by atoms with Crippen molar-refractivity contribution in [3.05, 3.63) is 38.9 Å². The van der Waals surface area contributed by atoms with Gasteiger partial charge in [0.2, 0.25) is 0 Å². The molecule has 6 nitrogen and oxygen atoms in total. The van der Waals surface area contributed by atoms with Crippen LogP contribution < -0.4 is 10.6 Å². The average molecular weight is 514 g/mol. The summed E-state index contributed by atoms with van der Waals surface area (Å²) in [7, 11) is 1.41. The zero-order valence-electron chi connectivity index (χ0n) is 14.6. The first-order valence-corrected chi connectivity index (χ1v) is 10.4. The number of nitrogens with one attached hydrogen (secondary N) is 2. The third-order valence-corrected chi connectivity index (χ3v) is 7.62. The van der Waals surface area contributed by atoms with Gasteiger partial charge in [0.05, 0.1) is 13.1 Å². The molecule has 0 spiro atoms. The Balaban J connectivity index is 0.00000312. The van der Waals surface area contributed by atoms with Gasteiger partial charge in [-0.15, -0.1) is 46.7 Å². The molecule has 2 rings (SSSR count). The number of aryl methyl sites for hydroxylation is 1. The van der Waals surface area contributed by atoms with Crippen LogP contribution >= 0.6 is 46.7 Å². The molecule has 0 bridgehead atoms. The average Bonchev–Trinajstić information content (AvgIpc) is 3.16. The smallest absolute Gasteiger partial charge is 0.252 e. The summed E-state index contributed by atoms with van der Waals surface area (Å²) in [4.78, 5) is 7.64. The summed E-state index contributed by atoms with van der Waals surface area (Å²) in [6.45, 7) is 3.32. The third kappa shape index (κ3) is 6.20. The Labute approximate surface area is 174 Å². The molecular weight excluding hydrogens is 491 g/mol. The van der Waals surface area contributed by atoms with E-state index in [4.69, 9.17) is 0 Å². The van der Waals surface area contributed by atoms with Gasteiger partial charge in [-0.1, -0.05) is 0 Å². The van der Waals surface area contributed by atoms with Gasteiger partial charge in [0, 0.05) is 35.8 Å². The summed E-state index contributed by atoms with van der Waals surface area (Å²) in [5.41, 5.74) is 0. The topological polar surface area (TPSA) is 73.8 Å². The molecule has 0 unspecified atom stereocenters. The van der Waals surface area contributed by atoms with Gasteiger partial charge < -0.3 is 10.6 Å². The van der Waals surface area contributed by atoms with Crippen molar-refractivity contribution in [1.29, 1.82) is 0 Å². The second-order valence-corrected chi connectivity index (χ2v) is 10.2. The lowest BCUT2D eigenvalue weighted by atomic mass is 10.4. The molecule has 0 aromatic carbocycles. The highest BCUT2D eigenvalue weighted by atomic mass is 127. The van der Waals surface area contributed by atoms with E-state index in [1.165, 1.54) is 39.5 Å². The predicted octanol–water partition coefficient (Wildman–Crippen LogP) is 2.85. The van der Waals surface area contributed by atoms with Crippen LogP contribution in [0.2, 0.25) is 0 Å². The first-order chi connectivity index (χ1) is 11.3. The fraction of sp³-hybridized carbons (Fsp3) is 0.400. The van der Waals surface area contributed by atoms with Crippen LogP contribution in [0.5, 0.6) is 0 Å². The Morgan fingerprint density at radius 3 is 2.12 bits per heavy atom. The number of aliphatic imine (C=N–C) groups is 1. The van der Waals surface area contributed by atoms with Crippen molar-refractivity contribution in [2.45, 2.75) is 24.2 Å². The maximum atomic E-state index is 12.1. The summed E-state index contributed by atoms with van der Waals surface area (Å²) in [6.07, 6.45) is 0. The first-order valence-electron chi connectivity index (χ1n) is 7.34. The van der Waals surface area contributed by atoms with Crippen molar-refractivity contribution in [2.75, 3.05) is 21.1 Å². The molecule has 2 N–H and O–H groups in total. The van der Waals surface area contributed by atoms with Crippen molar-refractivity contribution in [3.8, 4) is 0 Å². The molecule has 2 aromatic rings. The number of guanidine groups is 1. The van der Waals surface area contributed by atoms with Crippen LogP contribution in [0.1, 0.15) is 14.6 Å². The van der Waals surface area contributed by atoms with E-state index in [9.17, 15) is 8.42 Å². The van der Waals surface area contributed by atoms with Gasteiger partial charge in [-0.2, -0.15) is 0 Å². The monoisotopic (exact) mass is 514 g/mol. The van der Waals surface area contributed by atoms with Crippen molar-refractivity contribution in [1.82, 2.24) is 14.9 Å². The molecule has 0 atom stereocenters. The first kappa shape index (κ1) is 22.4. The minimum absolute atomic E-state index is 0. The molecule has 0 saturated heterocycles. The minimum atomic E-state index is -3.36. The van der Waals surface area contributed by atoms with E-state index < -0.39 is 10.0 Å². The summed E-state index contributed by atoms with van der Waals surface area (Å²) >= 11 is 3.01. The summed E-state index contributed by atoms with van der Waals surface area (Å²) in [5.74, 6) is 0.687. The quantitative estimate of drug-likeness (QED) is 0.353. The Hall–Kier alpha value is -0.690. The Morgan fingerprint density at radius 2 is 1.64 bits per heavy atom. The molecule has 0 aliphatic carbocycles. The molecular formula is C15H23IN4O2S3. The van der Waals surface area contributed by atoms with E-state index in [0.717, 1.165) is 4.88 Å². The van der Waals surface area contributed by atoms with Crippen LogP contribution in [-0.4, -0.2) is 39.8 Å². The summed E-state index contributed by atoms with van der Waals surface area (Å²) in [6, 6.07) is 7.65. The van der Waals surface area contributed by atoms with Gasteiger partial charge in [0.1, 0.15) is 4.21 Å². The van der Waals surface area contributed by atoms with Gasteiger partial charge in [-0.05, 0) is 31.2 Å². The fourth-order valence-electron chi connectivity index (χ4n) is 1.91. The molecule has 25 heavy (non-hydrogen) atoms.